The molecule has 0 radical (unpaired) electrons. The summed E-state index contributed by atoms with van der Waals surface area (Å²) in [6, 6.07) is 6.76. The van der Waals surface area contributed by atoms with Crippen LogP contribution in [0.15, 0.2) is 35.2 Å². The van der Waals surface area contributed by atoms with E-state index in [9.17, 15) is 18.3 Å². The highest BCUT2D eigenvalue weighted by atomic mass is 35.5. The van der Waals surface area contributed by atoms with Gasteiger partial charge in [-0.3, -0.25) is 4.72 Å². The molecule has 23 heavy (non-hydrogen) atoms. The fraction of sp³-hybridized carbons (Fsp3) is 0.133. The van der Waals surface area contributed by atoms with Crippen LogP contribution in [0, 0.1) is 13.8 Å². The Morgan fingerprint density at radius 3 is 2.39 bits per heavy atom. The third-order valence-electron chi connectivity index (χ3n) is 3.32. The molecule has 0 aliphatic rings. The van der Waals surface area contributed by atoms with Crippen LogP contribution in [-0.4, -0.2) is 14.4 Å². The van der Waals surface area contributed by atoms with E-state index < -0.39 is 16.0 Å². The van der Waals surface area contributed by atoms with E-state index >= 15 is 0 Å². The van der Waals surface area contributed by atoms with E-state index in [2.05, 4.69) is 4.72 Å². The van der Waals surface area contributed by atoms with Crippen molar-refractivity contribution >= 4 is 44.9 Å². The van der Waals surface area contributed by atoms with Gasteiger partial charge in [-0.1, -0.05) is 23.2 Å². The number of carbonyl (C=O) groups excluding carboxylic acids is 1. The zero-order valence-corrected chi connectivity index (χ0v) is 14.5. The molecule has 8 heteroatoms. The molecule has 0 spiro atoms. The molecule has 0 aliphatic carbocycles. The van der Waals surface area contributed by atoms with Crippen LogP contribution in [0.3, 0.4) is 0 Å². The number of halogens is 2. The van der Waals surface area contributed by atoms with Gasteiger partial charge >= 0.3 is 0 Å². The van der Waals surface area contributed by atoms with Crippen LogP contribution in [0.2, 0.25) is 10.0 Å². The lowest BCUT2D eigenvalue weighted by Gasteiger charge is -2.15. The lowest BCUT2D eigenvalue weighted by Crippen LogP contribution is -2.24. The van der Waals surface area contributed by atoms with Crippen molar-refractivity contribution < 1.29 is 18.3 Å². The van der Waals surface area contributed by atoms with Crippen LogP contribution in [0.5, 0.6) is 0 Å². The predicted octanol–water partition coefficient (Wildman–Crippen LogP) is 2.77. The molecular weight excluding hydrogens is 361 g/mol. The molecule has 0 atom stereocenters. The monoisotopic (exact) mass is 372 g/mol. The maximum absolute atomic E-state index is 12.6. The Morgan fingerprint density at radius 1 is 1.13 bits per heavy atom. The van der Waals surface area contributed by atoms with Crippen LogP contribution in [0.4, 0.5) is 5.69 Å². The van der Waals surface area contributed by atoms with Gasteiger partial charge in [0, 0.05) is 5.02 Å². The number of sulfonamides is 1. The number of hydrogen-bond acceptors (Lipinski definition) is 4. The molecule has 122 valence electrons. The molecule has 0 saturated carbocycles. The number of rotatable bonds is 4. The largest absolute Gasteiger partial charge is 0.545 e. The minimum absolute atomic E-state index is 0.107. The lowest BCUT2D eigenvalue weighted by atomic mass is 10.1. The van der Waals surface area contributed by atoms with E-state index in [0.29, 0.717) is 16.1 Å². The van der Waals surface area contributed by atoms with Gasteiger partial charge in [0.1, 0.15) is 0 Å². The first kappa shape index (κ1) is 17.6. The molecule has 2 aromatic rings. The molecule has 2 aromatic carbocycles. The van der Waals surface area contributed by atoms with Gasteiger partial charge in [-0.05, 0) is 60.9 Å². The predicted molar refractivity (Wildman–Crippen MR) is 87.5 cm³/mol. The SMILES string of the molecule is Cc1cc(C(=O)[O-])cc(S(=O)(=O)Nc2cc(Cl)ccc2Cl)c1C. The quantitative estimate of drug-likeness (QED) is 0.893. The van der Waals surface area contributed by atoms with Crippen LogP contribution in [0.1, 0.15) is 21.5 Å². The van der Waals surface area contributed by atoms with Crippen molar-refractivity contribution in [2.75, 3.05) is 4.72 Å². The van der Waals surface area contributed by atoms with Crippen LogP contribution >= 0.6 is 23.2 Å². The van der Waals surface area contributed by atoms with E-state index in [1.54, 1.807) is 13.8 Å². The summed E-state index contributed by atoms with van der Waals surface area (Å²) in [4.78, 5) is 10.9. The van der Waals surface area contributed by atoms with Gasteiger partial charge < -0.3 is 9.90 Å². The maximum Gasteiger partial charge on any atom is 0.262 e. The highest BCUT2D eigenvalue weighted by Crippen LogP contribution is 2.29. The van der Waals surface area contributed by atoms with E-state index in [-0.39, 0.29) is 21.2 Å². The zero-order valence-electron chi connectivity index (χ0n) is 12.2. The molecule has 0 heterocycles. The Labute approximate surface area is 143 Å². The van der Waals surface area contributed by atoms with Gasteiger partial charge in [-0.2, -0.15) is 0 Å². The normalized spacial score (nSPS) is 11.3. The van der Waals surface area contributed by atoms with E-state index in [0.717, 1.165) is 6.07 Å². The highest BCUT2D eigenvalue weighted by molar-refractivity contribution is 7.92. The fourth-order valence-electron chi connectivity index (χ4n) is 2.00. The molecule has 0 aromatic heterocycles. The molecule has 1 N–H and O–H groups in total. The second-order valence-electron chi connectivity index (χ2n) is 4.93. The van der Waals surface area contributed by atoms with Gasteiger partial charge in [0.2, 0.25) is 0 Å². The van der Waals surface area contributed by atoms with E-state index in [4.69, 9.17) is 23.2 Å². The summed E-state index contributed by atoms with van der Waals surface area (Å²) in [5.74, 6) is -1.45. The Morgan fingerprint density at radius 2 is 1.78 bits per heavy atom. The first-order valence-corrected chi connectivity index (χ1v) is 8.66. The molecular formula is C15H12Cl2NO4S-. The van der Waals surface area contributed by atoms with Gasteiger partial charge in [-0.25, -0.2) is 8.42 Å². The number of benzene rings is 2. The second kappa shape index (κ2) is 6.39. The molecule has 0 unspecified atom stereocenters. The molecule has 0 amide bonds. The number of hydrogen-bond donors (Lipinski definition) is 1. The van der Waals surface area contributed by atoms with Crippen molar-refractivity contribution in [2.24, 2.45) is 0 Å². The fourth-order valence-corrected chi connectivity index (χ4v) is 3.81. The van der Waals surface area contributed by atoms with E-state index in [1.165, 1.54) is 24.3 Å². The maximum atomic E-state index is 12.6. The summed E-state index contributed by atoms with van der Waals surface area (Å²) in [5, 5.41) is 11.5. The number of carbonyl (C=O) groups is 1. The average Bonchev–Trinajstić information content (AvgIpc) is 2.44. The number of carboxylic acid groups (broad SMARTS) is 1. The number of anilines is 1. The van der Waals surface area contributed by atoms with Crippen molar-refractivity contribution in [3.63, 3.8) is 0 Å². The summed E-state index contributed by atoms with van der Waals surface area (Å²) in [6.07, 6.45) is 0. The molecule has 0 saturated heterocycles. The second-order valence-corrected chi connectivity index (χ2v) is 7.43. The standard InChI is InChI=1S/C15H13Cl2NO4S/c1-8-5-10(15(19)20)6-14(9(8)2)23(21,22)18-13-7-11(16)3-4-12(13)17/h3-7,18H,1-2H3,(H,19,20)/p-1. The Hall–Kier alpha value is -1.76. The van der Waals surface area contributed by atoms with Crippen molar-refractivity contribution in [1.82, 2.24) is 0 Å². The smallest absolute Gasteiger partial charge is 0.262 e. The molecule has 5 nitrogen and oxygen atoms in total. The summed E-state index contributed by atoms with van der Waals surface area (Å²) < 4.78 is 27.5. The van der Waals surface area contributed by atoms with Crippen LogP contribution < -0.4 is 9.83 Å². The lowest BCUT2D eigenvalue weighted by molar-refractivity contribution is -0.255. The topological polar surface area (TPSA) is 86.3 Å². The number of nitrogens with one attached hydrogen (secondary N) is 1. The van der Waals surface area contributed by atoms with Crippen LogP contribution in [0.25, 0.3) is 0 Å². The molecule has 0 bridgehead atoms. The van der Waals surface area contributed by atoms with Crippen molar-refractivity contribution in [3.8, 4) is 0 Å². The third kappa shape index (κ3) is 3.77. The van der Waals surface area contributed by atoms with Crippen molar-refractivity contribution in [3.05, 3.63) is 57.1 Å². The summed E-state index contributed by atoms with van der Waals surface area (Å²) >= 11 is 11.8. The minimum Gasteiger partial charge on any atom is -0.545 e. The van der Waals surface area contributed by atoms with Crippen LogP contribution in [-0.2, 0) is 10.0 Å². The van der Waals surface area contributed by atoms with Gasteiger partial charge in [0.15, 0.2) is 0 Å². The first-order chi connectivity index (χ1) is 10.6. The van der Waals surface area contributed by atoms with Gasteiger partial charge in [-0.15, -0.1) is 0 Å². The van der Waals surface area contributed by atoms with Crippen molar-refractivity contribution in [1.29, 1.82) is 0 Å². The first-order valence-electron chi connectivity index (χ1n) is 6.42. The summed E-state index contributed by atoms with van der Waals surface area (Å²) in [5.41, 5.74) is 0.839. The molecule has 0 fully saturated rings. The third-order valence-corrected chi connectivity index (χ3v) is 5.37. The van der Waals surface area contributed by atoms with Gasteiger partial charge in [0.05, 0.1) is 21.6 Å². The Balaban J connectivity index is 2.56. The number of aryl methyl sites for hydroxylation is 1. The number of aromatic carboxylic acids is 1. The summed E-state index contributed by atoms with van der Waals surface area (Å²) in [6.45, 7) is 3.20. The van der Waals surface area contributed by atoms with Crippen molar-refractivity contribution in [2.45, 2.75) is 18.7 Å². The summed E-state index contributed by atoms with van der Waals surface area (Å²) in [7, 11) is -4.05. The Kier molecular flexibility index (Phi) is 4.89. The van der Waals surface area contributed by atoms with Gasteiger partial charge in [0.25, 0.3) is 10.0 Å². The Bertz CT molecular complexity index is 895. The highest BCUT2D eigenvalue weighted by Gasteiger charge is 2.20. The molecule has 2 rings (SSSR count). The molecule has 0 aliphatic heterocycles. The minimum atomic E-state index is -4.05. The number of carboxylic acids is 1. The zero-order chi connectivity index (χ0) is 17.4. The van der Waals surface area contributed by atoms with E-state index in [1.807, 2.05) is 0 Å². The average molecular weight is 373 g/mol.